The highest BCUT2D eigenvalue weighted by atomic mass is 16.8. The summed E-state index contributed by atoms with van der Waals surface area (Å²) in [6, 6.07) is 0. The van der Waals surface area contributed by atoms with Gasteiger partial charge < -0.3 is 18.3 Å². The van der Waals surface area contributed by atoms with E-state index in [0.717, 1.165) is 0 Å². The van der Waals surface area contributed by atoms with Crippen LogP contribution in [0.2, 0.25) is 0 Å². The molecule has 0 aromatic carbocycles. The Hall–Kier alpha value is -2.24. The Morgan fingerprint density at radius 3 is 1.67 bits per heavy atom. The van der Waals surface area contributed by atoms with Gasteiger partial charge in [-0.2, -0.15) is 0 Å². The minimum Gasteiger partial charge on any atom is -0.426 e. The summed E-state index contributed by atoms with van der Waals surface area (Å²) >= 11 is 0. The van der Waals surface area contributed by atoms with Gasteiger partial charge in [0.15, 0.2) is 17.4 Å². The maximum atomic E-state index is 10.1. The van der Waals surface area contributed by atoms with Gasteiger partial charge in [-0.15, -0.1) is 0 Å². The monoisotopic (exact) mass is 212 g/mol. The Morgan fingerprint density at radius 2 is 1.53 bits per heavy atom. The molecule has 0 spiro atoms. The summed E-state index contributed by atoms with van der Waals surface area (Å²) in [5, 5.41) is 0. The molecule has 0 unspecified atom stereocenters. The molecule has 1 aliphatic heterocycles. The molecule has 1 saturated heterocycles. The molecule has 2 heterocycles. The van der Waals surface area contributed by atoms with Crippen molar-refractivity contribution >= 4 is 19.3 Å². The van der Waals surface area contributed by atoms with Crippen molar-refractivity contribution < 1.29 is 23.1 Å². The molecule has 1 aromatic rings. The van der Waals surface area contributed by atoms with Crippen LogP contribution in [0.4, 0.5) is 4.79 Å². The summed E-state index contributed by atoms with van der Waals surface area (Å²) in [4.78, 5) is 20.0. The average Bonchev–Trinajstić information content (AvgIpc) is 2.61. The van der Waals surface area contributed by atoms with Gasteiger partial charge in [0.25, 0.3) is 0 Å². The molecule has 0 saturated carbocycles. The van der Waals surface area contributed by atoms with Crippen molar-refractivity contribution in [3.05, 3.63) is 33.8 Å². The van der Waals surface area contributed by atoms with Crippen molar-refractivity contribution in [2.45, 2.75) is 0 Å². The predicted octanol–water partition coefficient (Wildman–Crippen LogP) is -0.280. The number of hydrogen-bond donors (Lipinski definition) is 0. The second kappa shape index (κ2) is 4.32. The number of carbonyl (C=O) groups excluding carboxylic acids is 1. The van der Waals surface area contributed by atoms with Crippen LogP contribution in [-0.2, 0) is 9.47 Å². The molecule has 0 N–H and O–H groups in total. The fourth-order valence-corrected chi connectivity index (χ4v) is 0.652. The number of cyclic esters (lactones) is 2. The van der Waals surface area contributed by atoms with E-state index in [0.29, 0.717) is 5.76 Å². The summed E-state index contributed by atoms with van der Waals surface area (Å²) in [6.07, 6.45) is -0.648. The third-order valence-electron chi connectivity index (χ3n) is 1.30. The van der Waals surface area contributed by atoms with Gasteiger partial charge in [0.1, 0.15) is 5.76 Å². The van der Waals surface area contributed by atoms with Gasteiger partial charge in [-0.3, -0.25) is 0 Å². The van der Waals surface area contributed by atoms with Crippen molar-refractivity contribution in [1.82, 2.24) is 0 Å². The first-order chi connectivity index (χ1) is 6.99. The zero-order chi connectivity index (χ0) is 11.4. The van der Waals surface area contributed by atoms with Crippen LogP contribution in [0.5, 0.6) is 0 Å². The highest BCUT2D eigenvalue weighted by Gasteiger charge is 2.15. The van der Waals surface area contributed by atoms with Crippen molar-refractivity contribution in [1.29, 1.82) is 0 Å². The van der Waals surface area contributed by atoms with Crippen LogP contribution >= 0.6 is 0 Å². The fourth-order valence-electron chi connectivity index (χ4n) is 0.652. The van der Waals surface area contributed by atoms with Gasteiger partial charge in [0.05, 0.1) is 0 Å². The summed E-state index contributed by atoms with van der Waals surface area (Å²) < 4.78 is 17.2. The third-order valence-corrected chi connectivity index (χ3v) is 1.30. The molecule has 0 bridgehead atoms. The summed E-state index contributed by atoms with van der Waals surface area (Å²) in [5.41, 5.74) is 0.380. The van der Waals surface area contributed by atoms with E-state index in [-0.39, 0.29) is 17.4 Å². The lowest BCUT2D eigenvalue weighted by Crippen LogP contribution is -2.13. The Kier molecular flexibility index (Phi) is 3.12. The zero-order valence-corrected chi connectivity index (χ0v) is 7.78. The standard InChI is InChI=1S/C5H4O3.C4H4O3/c1-3-4(2)8-5(6)7-3;1-3-2-6-4(5)7-3/h1-2H2;1-2H2. The Morgan fingerprint density at radius 1 is 1.00 bits per heavy atom. The fraction of sp³-hybridized carbons (Fsp3) is 0.111. The van der Waals surface area contributed by atoms with Crippen LogP contribution in [0, 0.1) is 0 Å². The smallest absolute Gasteiger partial charge is 0.426 e. The maximum absolute atomic E-state index is 10.1. The normalized spacial score (nSPS) is 13.9. The summed E-state index contributed by atoms with van der Waals surface area (Å²) in [7, 11) is 0. The van der Waals surface area contributed by atoms with Gasteiger partial charge in [-0.1, -0.05) is 19.7 Å². The topological polar surface area (TPSA) is 78.9 Å². The van der Waals surface area contributed by atoms with Crippen molar-refractivity contribution in [2.24, 2.45) is 0 Å². The molecule has 0 aliphatic carbocycles. The summed E-state index contributed by atoms with van der Waals surface area (Å²) in [6.45, 7) is 10.2. The second-order valence-electron chi connectivity index (χ2n) is 2.48. The lowest BCUT2D eigenvalue weighted by atomic mass is 10.6. The van der Waals surface area contributed by atoms with Gasteiger partial charge in [0, 0.05) is 0 Å². The predicted molar refractivity (Wildman–Crippen MR) is 49.1 cm³/mol. The van der Waals surface area contributed by atoms with Crippen LogP contribution in [0.3, 0.4) is 0 Å². The average molecular weight is 212 g/mol. The number of carbonyl (C=O) groups is 1. The van der Waals surface area contributed by atoms with E-state index in [1.165, 1.54) is 0 Å². The SMILES string of the molecule is C=C1COC(=O)O1.C=c1oc(=O)oc1=C. The van der Waals surface area contributed by atoms with Gasteiger partial charge >= 0.3 is 12.0 Å². The van der Waals surface area contributed by atoms with Crippen molar-refractivity contribution in [3.63, 3.8) is 0 Å². The molecule has 1 aromatic heterocycles. The maximum Gasteiger partial charge on any atom is 0.519 e. The highest BCUT2D eigenvalue weighted by molar-refractivity contribution is 5.63. The minimum absolute atomic E-state index is 0.190. The van der Waals surface area contributed by atoms with Crippen LogP contribution in [0.25, 0.3) is 13.2 Å². The van der Waals surface area contributed by atoms with Crippen molar-refractivity contribution in [2.75, 3.05) is 6.61 Å². The lowest BCUT2D eigenvalue weighted by molar-refractivity contribution is 0.136. The molecule has 0 radical (unpaired) electrons. The number of rotatable bonds is 0. The molecule has 15 heavy (non-hydrogen) atoms. The first-order valence-electron chi connectivity index (χ1n) is 3.79. The van der Waals surface area contributed by atoms with E-state index < -0.39 is 12.0 Å². The highest BCUT2D eigenvalue weighted by Crippen LogP contribution is 2.05. The minimum atomic E-state index is -0.750. The molecule has 1 fully saturated rings. The third kappa shape index (κ3) is 3.18. The molecule has 80 valence electrons. The first-order valence-corrected chi connectivity index (χ1v) is 3.79. The molecular formula is C9H8O6. The van der Waals surface area contributed by atoms with Gasteiger partial charge in [-0.05, 0) is 0 Å². The van der Waals surface area contributed by atoms with E-state index in [9.17, 15) is 9.59 Å². The number of ether oxygens (including phenoxy) is 2. The molecule has 0 amide bonds. The lowest BCUT2D eigenvalue weighted by Gasteiger charge is -1.80. The number of hydrogen-bond acceptors (Lipinski definition) is 6. The molecule has 0 atom stereocenters. The van der Waals surface area contributed by atoms with E-state index in [2.05, 4.69) is 38.0 Å². The molecule has 2 rings (SSSR count). The van der Waals surface area contributed by atoms with Gasteiger partial charge in [0.2, 0.25) is 0 Å². The first kappa shape index (κ1) is 10.8. The van der Waals surface area contributed by atoms with Gasteiger partial charge in [-0.25, -0.2) is 9.59 Å². The Labute approximate surface area is 83.7 Å². The van der Waals surface area contributed by atoms with E-state index in [1.807, 2.05) is 0 Å². The van der Waals surface area contributed by atoms with E-state index >= 15 is 0 Å². The quantitative estimate of drug-likeness (QED) is 0.550. The molecule has 6 heteroatoms. The molecular weight excluding hydrogens is 204 g/mol. The molecule has 1 aliphatic rings. The van der Waals surface area contributed by atoms with Crippen LogP contribution in [-0.4, -0.2) is 12.8 Å². The molecule has 6 nitrogen and oxygen atoms in total. The van der Waals surface area contributed by atoms with Crippen LogP contribution in [0.1, 0.15) is 0 Å². The summed E-state index contributed by atoms with van der Waals surface area (Å²) in [5.74, 6) is -0.370. The van der Waals surface area contributed by atoms with Crippen molar-refractivity contribution in [3.8, 4) is 0 Å². The largest absolute Gasteiger partial charge is 0.519 e. The van der Waals surface area contributed by atoms with E-state index in [4.69, 9.17) is 0 Å². The van der Waals surface area contributed by atoms with E-state index in [1.54, 1.807) is 0 Å². The zero-order valence-electron chi connectivity index (χ0n) is 7.78. The second-order valence-corrected chi connectivity index (χ2v) is 2.48. The van der Waals surface area contributed by atoms with Crippen LogP contribution in [0.15, 0.2) is 26.0 Å². The van der Waals surface area contributed by atoms with Crippen LogP contribution < -0.4 is 16.7 Å². The Balaban J connectivity index is 0.000000151. The Bertz CT molecular complexity index is 475.